The Bertz CT molecular complexity index is 1420. The molecule has 0 N–H and O–H groups in total. The smallest absolute Gasteiger partial charge is 0.232 e. The van der Waals surface area contributed by atoms with Gasteiger partial charge in [0.25, 0.3) is 0 Å². The van der Waals surface area contributed by atoms with Crippen molar-refractivity contribution in [3.63, 3.8) is 0 Å². The van der Waals surface area contributed by atoms with E-state index in [-0.39, 0.29) is 23.7 Å². The quantitative estimate of drug-likeness (QED) is 0.302. The standard InChI is InChI=1S/C27H21ClFNO3/c1-3-30-14-17(19-7-4-5-10-23(19)30)12-25-27(31)26-16(2)11-18(13-24(26)33-25)32-15-20-21(28)8-6-9-22(20)29/h4-14H,3,15H2,1-2H3/b25-12-. The predicted molar refractivity (Wildman–Crippen MR) is 127 cm³/mol. The van der Waals surface area contributed by atoms with Crippen LogP contribution in [0.3, 0.4) is 0 Å². The second-order valence-electron chi connectivity index (χ2n) is 7.93. The Morgan fingerprint density at radius 1 is 1.15 bits per heavy atom. The number of carbonyl (C=O) groups excluding carboxylic acids is 1. The number of ketones is 1. The van der Waals surface area contributed by atoms with Crippen LogP contribution in [0.15, 0.2) is 66.6 Å². The Morgan fingerprint density at radius 2 is 1.97 bits per heavy atom. The molecule has 0 fully saturated rings. The van der Waals surface area contributed by atoms with E-state index in [0.29, 0.717) is 22.1 Å². The minimum Gasteiger partial charge on any atom is -0.489 e. The zero-order chi connectivity index (χ0) is 23.1. The maximum atomic E-state index is 14.1. The molecule has 0 aliphatic carbocycles. The maximum Gasteiger partial charge on any atom is 0.232 e. The van der Waals surface area contributed by atoms with Gasteiger partial charge in [-0.05, 0) is 49.8 Å². The highest BCUT2D eigenvalue weighted by molar-refractivity contribution is 6.31. The highest BCUT2D eigenvalue weighted by atomic mass is 35.5. The number of hydrogen-bond acceptors (Lipinski definition) is 3. The number of aryl methyl sites for hydroxylation is 2. The Hall–Kier alpha value is -3.57. The van der Waals surface area contributed by atoms with Crippen LogP contribution >= 0.6 is 11.6 Å². The highest BCUT2D eigenvalue weighted by Gasteiger charge is 2.30. The molecule has 0 saturated heterocycles. The fraction of sp³-hybridized carbons (Fsp3) is 0.148. The number of nitrogens with zero attached hydrogens (tertiary/aromatic N) is 1. The molecule has 2 heterocycles. The summed E-state index contributed by atoms with van der Waals surface area (Å²) in [7, 11) is 0. The number of aromatic nitrogens is 1. The van der Waals surface area contributed by atoms with E-state index in [2.05, 4.69) is 17.6 Å². The molecule has 1 aliphatic heterocycles. The van der Waals surface area contributed by atoms with Crippen molar-refractivity contribution in [1.29, 1.82) is 0 Å². The lowest BCUT2D eigenvalue weighted by Gasteiger charge is -2.11. The van der Waals surface area contributed by atoms with Crippen molar-refractivity contribution >= 4 is 34.4 Å². The van der Waals surface area contributed by atoms with Crippen LogP contribution in [0.5, 0.6) is 11.5 Å². The number of benzene rings is 3. The number of Topliss-reactive ketones (excluding diaryl/α,β-unsaturated/α-hetero) is 1. The van der Waals surface area contributed by atoms with Gasteiger partial charge in [0, 0.05) is 40.8 Å². The number of ether oxygens (including phenoxy) is 2. The van der Waals surface area contributed by atoms with Gasteiger partial charge in [0.05, 0.1) is 10.6 Å². The van der Waals surface area contributed by atoms with Crippen LogP contribution in [0.4, 0.5) is 4.39 Å². The number of allylic oxidation sites excluding steroid dienone is 1. The van der Waals surface area contributed by atoms with E-state index < -0.39 is 5.82 Å². The van der Waals surface area contributed by atoms with Crippen LogP contribution in [-0.2, 0) is 13.2 Å². The largest absolute Gasteiger partial charge is 0.489 e. The molecule has 4 nitrogen and oxygen atoms in total. The first-order valence-corrected chi connectivity index (χ1v) is 11.1. The summed E-state index contributed by atoms with van der Waals surface area (Å²) < 4.78 is 27.9. The minimum absolute atomic E-state index is 0.0309. The van der Waals surface area contributed by atoms with E-state index in [1.807, 2.05) is 31.3 Å². The summed E-state index contributed by atoms with van der Waals surface area (Å²) in [6, 6.07) is 16.0. The van der Waals surface area contributed by atoms with Crippen molar-refractivity contribution in [1.82, 2.24) is 4.57 Å². The van der Waals surface area contributed by atoms with Crippen molar-refractivity contribution in [2.24, 2.45) is 0 Å². The summed E-state index contributed by atoms with van der Waals surface area (Å²) in [6.07, 6.45) is 3.81. The molecular weight excluding hydrogens is 441 g/mol. The summed E-state index contributed by atoms with van der Waals surface area (Å²) in [6.45, 7) is 4.70. The minimum atomic E-state index is -0.428. The van der Waals surface area contributed by atoms with E-state index in [4.69, 9.17) is 21.1 Å². The second-order valence-corrected chi connectivity index (χ2v) is 8.34. The number of hydrogen-bond donors (Lipinski definition) is 0. The summed E-state index contributed by atoms with van der Waals surface area (Å²) in [5.41, 5.74) is 3.55. The molecule has 0 unspecified atom stereocenters. The lowest BCUT2D eigenvalue weighted by atomic mass is 10.0. The first-order chi connectivity index (χ1) is 16.0. The zero-order valence-corrected chi connectivity index (χ0v) is 18.9. The van der Waals surface area contributed by atoms with E-state index in [1.54, 1.807) is 30.3 Å². The topological polar surface area (TPSA) is 40.5 Å². The number of fused-ring (bicyclic) bond motifs is 2. The Balaban J connectivity index is 1.45. The van der Waals surface area contributed by atoms with Crippen molar-refractivity contribution in [3.8, 4) is 11.5 Å². The second kappa shape index (κ2) is 8.41. The normalized spacial score (nSPS) is 14.1. The molecule has 0 saturated carbocycles. The zero-order valence-electron chi connectivity index (χ0n) is 18.2. The van der Waals surface area contributed by atoms with E-state index in [0.717, 1.165) is 28.6 Å². The van der Waals surface area contributed by atoms with Gasteiger partial charge in [-0.15, -0.1) is 0 Å². The first kappa shape index (κ1) is 21.3. The van der Waals surface area contributed by atoms with Crippen LogP contribution in [0.2, 0.25) is 5.02 Å². The molecule has 3 aromatic carbocycles. The molecular formula is C27H21ClFNO3. The first-order valence-electron chi connectivity index (χ1n) is 10.7. The van der Waals surface area contributed by atoms with Gasteiger partial charge in [-0.3, -0.25) is 4.79 Å². The summed E-state index contributed by atoms with van der Waals surface area (Å²) in [5, 5.41) is 1.36. The molecule has 5 rings (SSSR count). The average molecular weight is 462 g/mol. The van der Waals surface area contributed by atoms with Crippen LogP contribution in [0.25, 0.3) is 17.0 Å². The molecule has 0 spiro atoms. The molecule has 33 heavy (non-hydrogen) atoms. The Kier molecular flexibility index (Phi) is 5.43. The Labute approximate surface area is 195 Å². The fourth-order valence-electron chi connectivity index (χ4n) is 4.18. The lowest BCUT2D eigenvalue weighted by Crippen LogP contribution is -2.01. The van der Waals surface area contributed by atoms with Gasteiger partial charge >= 0.3 is 0 Å². The number of halogens is 2. The molecule has 0 bridgehead atoms. The van der Waals surface area contributed by atoms with E-state index in [1.165, 1.54) is 6.07 Å². The highest BCUT2D eigenvalue weighted by Crippen LogP contribution is 2.38. The SMILES string of the molecule is CCn1cc(/C=C2\Oc3cc(OCc4c(F)cccc4Cl)cc(C)c3C2=O)c2ccccc21. The average Bonchev–Trinajstić information content (AvgIpc) is 3.31. The van der Waals surface area contributed by atoms with Gasteiger partial charge < -0.3 is 14.0 Å². The van der Waals surface area contributed by atoms with Gasteiger partial charge in [-0.1, -0.05) is 35.9 Å². The van der Waals surface area contributed by atoms with E-state index in [9.17, 15) is 9.18 Å². The monoisotopic (exact) mass is 461 g/mol. The number of para-hydroxylation sites is 1. The molecule has 166 valence electrons. The molecule has 0 amide bonds. The molecule has 0 radical (unpaired) electrons. The Morgan fingerprint density at radius 3 is 2.76 bits per heavy atom. The molecule has 4 aromatic rings. The third-order valence-corrected chi connectivity index (χ3v) is 6.19. The van der Waals surface area contributed by atoms with Crippen molar-refractivity contribution in [2.75, 3.05) is 0 Å². The fourth-order valence-corrected chi connectivity index (χ4v) is 4.40. The van der Waals surface area contributed by atoms with Crippen LogP contribution in [-0.4, -0.2) is 10.4 Å². The summed E-state index contributed by atoms with van der Waals surface area (Å²) in [5.74, 6) is 0.575. The van der Waals surface area contributed by atoms with Crippen LogP contribution < -0.4 is 9.47 Å². The lowest BCUT2D eigenvalue weighted by molar-refractivity contribution is 0.101. The van der Waals surface area contributed by atoms with Crippen LogP contribution in [0.1, 0.15) is 34.0 Å². The van der Waals surface area contributed by atoms with Crippen molar-refractivity contribution in [3.05, 3.63) is 99.6 Å². The van der Waals surface area contributed by atoms with Gasteiger partial charge in [0.1, 0.15) is 23.9 Å². The van der Waals surface area contributed by atoms with E-state index >= 15 is 0 Å². The van der Waals surface area contributed by atoms with Gasteiger partial charge in [-0.25, -0.2) is 4.39 Å². The third kappa shape index (κ3) is 3.79. The molecule has 6 heteroatoms. The maximum absolute atomic E-state index is 14.1. The number of rotatable bonds is 5. The van der Waals surface area contributed by atoms with Gasteiger partial charge in [-0.2, -0.15) is 0 Å². The van der Waals surface area contributed by atoms with Crippen molar-refractivity contribution in [2.45, 2.75) is 27.0 Å². The predicted octanol–water partition coefficient (Wildman–Crippen LogP) is 6.96. The van der Waals surface area contributed by atoms with Crippen molar-refractivity contribution < 1.29 is 18.7 Å². The van der Waals surface area contributed by atoms with Gasteiger partial charge in [0.15, 0.2) is 5.76 Å². The molecule has 0 atom stereocenters. The third-order valence-electron chi connectivity index (χ3n) is 5.84. The van der Waals surface area contributed by atoms with Crippen LogP contribution in [0, 0.1) is 12.7 Å². The van der Waals surface area contributed by atoms with Gasteiger partial charge in [0.2, 0.25) is 5.78 Å². The molecule has 1 aliphatic rings. The molecule has 1 aromatic heterocycles. The summed E-state index contributed by atoms with van der Waals surface area (Å²) in [4.78, 5) is 13.1. The summed E-state index contributed by atoms with van der Waals surface area (Å²) >= 11 is 6.09. The number of carbonyl (C=O) groups is 1.